The van der Waals surface area contributed by atoms with Crippen molar-refractivity contribution in [2.45, 2.75) is 12.1 Å². The van der Waals surface area contributed by atoms with E-state index in [-0.39, 0.29) is 11.4 Å². The zero-order chi connectivity index (χ0) is 14.8. The molecule has 1 N–H and O–H groups in total. The second-order valence-electron chi connectivity index (χ2n) is 3.38. The number of carbonyl (C=O) groups is 1. The predicted molar refractivity (Wildman–Crippen MR) is 60.3 cm³/mol. The monoisotopic (exact) mass is 347 g/mol. The maximum absolute atomic E-state index is 12.7. The van der Waals surface area contributed by atoms with Crippen LogP contribution in [0.1, 0.15) is 0 Å². The lowest BCUT2D eigenvalue weighted by molar-refractivity contribution is -0.267. The Morgan fingerprint density at radius 2 is 1.84 bits per heavy atom. The number of halogens is 6. The lowest BCUT2D eigenvalue weighted by Gasteiger charge is -2.18. The van der Waals surface area contributed by atoms with Gasteiger partial charge in [-0.2, -0.15) is 22.0 Å². The van der Waals surface area contributed by atoms with Crippen LogP contribution in [0.3, 0.4) is 0 Å². The Kier molecular flexibility index (Phi) is 4.39. The molecule has 0 heterocycles. The van der Waals surface area contributed by atoms with Crippen LogP contribution in [0, 0.1) is 0 Å². The van der Waals surface area contributed by atoms with E-state index in [1.54, 1.807) is 0 Å². The SMILES string of the molecule is COc1cc(NC(=O)C(F)(F)C(F)(F)F)ccc1Br. The number of alkyl halides is 5. The Bertz CT molecular complexity index is 489. The molecule has 1 aromatic carbocycles. The van der Waals surface area contributed by atoms with Gasteiger partial charge in [-0.25, -0.2) is 0 Å². The highest BCUT2D eigenvalue weighted by Gasteiger charge is 2.63. The fraction of sp³-hybridized carbons (Fsp3) is 0.300. The van der Waals surface area contributed by atoms with E-state index in [4.69, 9.17) is 4.74 Å². The molecule has 0 saturated carbocycles. The van der Waals surface area contributed by atoms with Gasteiger partial charge in [-0.15, -0.1) is 0 Å². The minimum Gasteiger partial charge on any atom is -0.495 e. The molecule has 0 aliphatic rings. The van der Waals surface area contributed by atoms with Crippen molar-refractivity contribution in [1.29, 1.82) is 0 Å². The van der Waals surface area contributed by atoms with Gasteiger partial charge in [-0.05, 0) is 28.1 Å². The highest BCUT2D eigenvalue weighted by atomic mass is 79.9. The molecule has 106 valence electrons. The van der Waals surface area contributed by atoms with Crippen molar-refractivity contribution in [2.75, 3.05) is 12.4 Å². The Hall–Kier alpha value is -1.38. The first-order valence-corrected chi connectivity index (χ1v) is 5.48. The van der Waals surface area contributed by atoms with E-state index < -0.39 is 18.0 Å². The molecule has 0 spiro atoms. The Morgan fingerprint density at radius 1 is 1.26 bits per heavy atom. The van der Waals surface area contributed by atoms with Crippen LogP contribution in [0.2, 0.25) is 0 Å². The number of anilines is 1. The van der Waals surface area contributed by atoms with E-state index in [9.17, 15) is 26.7 Å². The van der Waals surface area contributed by atoms with E-state index in [0.717, 1.165) is 12.1 Å². The molecular formula is C10H7BrF5NO2. The van der Waals surface area contributed by atoms with Gasteiger partial charge >= 0.3 is 18.0 Å². The van der Waals surface area contributed by atoms with Crippen LogP contribution in [0.5, 0.6) is 5.75 Å². The molecule has 0 aliphatic carbocycles. The van der Waals surface area contributed by atoms with Crippen LogP contribution >= 0.6 is 15.9 Å². The van der Waals surface area contributed by atoms with E-state index in [1.165, 1.54) is 18.5 Å². The maximum Gasteiger partial charge on any atom is 0.463 e. The van der Waals surface area contributed by atoms with Gasteiger partial charge in [0.05, 0.1) is 11.6 Å². The van der Waals surface area contributed by atoms with Crippen LogP contribution in [0.25, 0.3) is 0 Å². The third kappa shape index (κ3) is 3.34. The molecule has 1 rings (SSSR count). The van der Waals surface area contributed by atoms with Gasteiger partial charge in [0.1, 0.15) is 5.75 Å². The van der Waals surface area contributed by atoms with Crippen LogP contribution in [0.15, 0.2) is 22.7 Å². The normalized spacial score (nSPS) is 12.2. The summed E-state index contributed by atoms with van der Waals surface area (Å²) in [4.78, 5) is 10.9. The molecule has 0 aromatic heterocycles. The third-order valence-electron chi connectivity index (χ3n) is 2.05. The molecule has 0 atom stereocenters. The minimum absolute atomic E-state index is 0.174. The first-order valence-electron chi connectivity index (χ1n) is 4.69. The summed E-state index contributed by atoms with van der Waals surface area (Å²) in [6.07, 6.45) is -5.95. The zero-order valence-corrected chi connectivity index (χ0v) is 10.9. The number of benzene rings is 1. The van der Waals surface area contributed by atoms with Crippen molar-refractivity contribution in [3.05, 3.63) is 22.7 Å². The molecule has 9 heteroatoms. The van der Waals surface area contributed by atoms with Crippen molar-refractivity contribution in [3.8, 4) is 5.75 Å². The number of rotatable bonds is 3. The lowest BCUT2D eigenvalue weighted by Crippen LogP contribution is -2.47. The minimum atomic E-state index is -5.95. The third-order valence-corrected chi connectivity index (χ3v) is 2.71. The summed E-state index contributed by atoms with van der Waals surface area (Å²) in [6.45, 7) is 0. The van der Waals surface area contributed by atoms with Crippen LogP contribution in [-0.2, 0) is 4.79 Å². The molecule has 0 unspecified atom stereocenters. The summed E-state index contributed by atoms with van der Waals surface area (Å²) >= 11 is 3.06. The Balaban J connectivity index is 2.95. The molecule has 19 heavy (non-hydrogen) atoms. The van der Waals surface area contributed by atoms with Gasteiger partial charge in [0.25, 0.3) is 0 Å². The summed E-state index contributed by atoms with van der Waals surface area (Å²) in [5, 5.41) is 1.48. The maximum atomic E-state index is 12.7. The average Bonchev–Trinajstić information content (AvgIpc) is 2.30. The summed E-state index contributed by atoms with van der Waals surface area (Å²) in [7, 11) is 1.27. The largest absolute Gasteiger partial charge is 0.495 e. The topological polar surface area (TPSA) is 38.3 Å². The molecule has 3 nitrogen and oxygen atoms in total. The van der Waals surface area contributed by atoms with Gasteiger partial charge in [-0.1, -0.05) is 0 Å². The lowest BCUT2D eigenvalue weighted by atomic mass is 10.2. The first-order chi connectivity index (χ1) is 8.59. The van der Waals surface area contributed by atoms with Crippen molar-refractivity contribution < 1.29 is 31.5 Å². The summed E-state index contributed by atoms with van der Waals surface area (Å²) < 4.78 is 66.5. The standard InChI is InChI=1S/C10H7BrF5NO2/c1-19-7-4-5(2-3-6(7)11)17-8(18)9(12,13)10(14,15)16/h2-4H,1H3,(H,17,18). The van der Waals surface area contributed by atoms with E-state index >= 15 is 0 Å². The number of hydrogen-bond donors (Lipinski definition) is 1. The van der Waals surface area contributed by atoms with Crippen LogP contribution in [-0.4, -0.2) is 25.1 Å². The summed E-state index contributed by atoms with van der Waals surface area (Å²) in [5.41, 5.74) is -0.242. The molecule has 0 bridgehead atoms. The van der Waals surface area contributed by atoms with E-state index in [0.29, 0.717) is 4.47 Å². The smallest absolute Gasteiger partial charge is 0.463 e. The molecule has 1 amide bonds. The summed E-state index contributed by atoms with van der Waals surface area (Å²) in [6, 6.07) is 3.59. The summed E-state index contributed by atoms with van der Waals surface area (Å²) in [5.74, 6) is -7.75. The van der Waals surface area contributed by atoms with Crippen molar-refractivity contribution in [3.63, 3.8) is 0 Å². The molecule has 1 aromatic rings. The quantitative estimate of drug-likeness (QED) is 0.848. The van der Waals surface area contributed by atoms with Gasteiger partial charge in [0.15, 0.2) is 0 Å². The Labute approximate surface area is 112 Å². The van der Waals surface area contributed by atoms with Crippen molar-refractivity contribution in [1.82, 2.24) is 0 Å². The van der Waals surface area contributed by atoms with Crippen LogP contribution < -0.4 is 10.1 Å². The zero-order valence-electron chi connectivity index (χ0n) is 9.32. The van der Waals surface area contributed by atoms with E-state index in [2.05, 4.69) is 15.9 Å². The second kappa shape index (κ2) is 5.32. The number of methoxy groups -OCH3 is 1. The molecule has 0 radical (unpaired) electrons. The average molecular weight is 348 g/mol. The van der Waals surface area contributed by atoms with Gasteiger partial charge in [0, 0.05) is 11.8 Å². The second-order valence-corrected chi connectivity index (χ2v) is 4.23. The highest BCUT2D eigenvalue weighted by molar-refractivity contribution is 9.10. The van der Waals surface area contributed by atoms with Crippen molar-refractivity contribution in [2.24, 2.45) is 0 Å². The first kappa shape index (κ1) is 15.7. The molecule has 0 aliphatic heterocycles. The van der Waals surface area contributed by atoms with Gasteiger partial charge in [0.2, 0.25) is 0 Å². The predicted octanol–water partition coefficient (Wildman–Crippen LogP) is 3.59. The molecule has 0 saturated heterocycles. The Morgan fingerprint density at radius 3 is 2.32 bits per heavy atom. The highest BCUT2D eigenvalue weighted by Crippen LogP contribution is 2.36. The van der Waals surface area contributed by atoms with E-state index in [1.807, 2.05) is 0 Å². The number of ether oxygens (including phenoxy) is 1. The fourth-order valence-electron chi connectivity index (χ4n) is 1.08. The molecular weight excluding hydrogens is 341 g/mol. The number of nitrogens with one attached hydrogen (secondary N) is 1. The number of amides is 1. The fourth-order valence-corrected chi connectivity index (χ4v) is 1.48. The molecule has 0 fully saturated rings. The number of carbonyl (C=O) groups excluding carboxylic acids is 1. The van der Waals surface area contributed by atoms with Gasteiger partial charge in [-0.3, -0.25) is 4.79 Å². The van der Waals surface area contributed by atoms with Gasteiger partial charge < -0.3 is 10.1 Å². The number of hydrogen-bond acceptors (Lipinski definition) is 2. The van der Waals surface area contributed by atoms with Crippen molar-refractivity contribution >= 4 is 27.5 Å². The van der Waals surface area contributed by atoms with Crippen LogP contribution in [0.4, 0.5) is 27.6 Å².